The number of halogens is 1. The van der Waals surface area contributed by atoms with E-state index in [1.807, 2.05) is 12.1 Å². The molecule has 3 rings (SSSR count). The van der Waals surface area contributed by atoms with Gasteiger partial charge in [-0.2, -0.15) is 0 Å². The fraction of sp³-hybridized carbons (Fsp3) is 0.625. The molecule has 1 aromatic carbocycles. The van der Waals surface area contributed by atoms with Crippen molar-refractivity contribution in [3.8, 4) is 0 Å². The van der Waals surface area contributed by atoms with Crippen molar-refractivity contribution in [3.63, 3.8) is 0 Å². The second-order valence-electron chi connectivity index (χ2n) is 5.99. The standard InChI is InChI=1S/C16H24FN3/c17-14-4-6-15(7-5-14)19-8-10-20(11-9-19)16(12-18)13-2-1-3-13/h4-7,13,16H,1-3,8-12,18H2. The van der Waals surface area contributed by atoms with Gasteiger partial charge in [-0.25, -0.2) is 4.39 Å². The summed E-state index contributed by atoms with van der Waals surface area (Å²) in [4.78, 5) is 4.90. The third-order valence-corrected chi connectivity index (χ3v) is 4.91. The van der Waals surface area contributed by atoms with E-state index in [2.05, 4.69) is 9.80 Å². The van der Waals surface area contributed by atoms with Crippen LogP contribution >= 0.6 is 0 Å². The molecule has 0 bridgehead atoms. The molecule has 4 heteroatoms. The number of nitrogens with two attached hydrogens (primary N) is 1. The maximum absolute atomic E-state index is 13.0. The molecular weight excluding hydrogens is 253 g/mol. The van der Waals surface area contributed by atoms with Crippen molar-refractivity contribution in [2.45, 2.75) is 25.3 Å². The minimum atomic E-state index is -0.166. The average Bonchev–Trinajstić information content (AvgIpc) is 2.44. The molecule has 0 aromatic heterocycles. The van der Waals surface area contributed by atoms with Gasteiger partial charge in [-0.3, -0.25) is 4.90 Å². The van der Waals surface area contributed by atoms with Gasteiger partial charge in [-0.1, -0.05) is 6.42 Å². The number of piperazine rings is 1. The van der Waals surface area contributed by atoms with Crippen LogP contribution in [-0.4, -0.2) is 43.7 Å². The highest BCUT2D eigenvalue weighted by Crippen LogP contribution is 2.32. The molecule has 1 aromatic rings. The van der Waals surface area contributed by atoms with E-state index in [4.69, 9.17) is 5.73 Å². The van der Waals surface area contributed by atoms with Crippen LogP contribution < -0.4 is 10.6 Å². The smallest absolute Gasteiger partial charge is 0.123 e. The van der Waals surface area contributed by atoms with Gasteiger partial charge in [0, 0.05) is 44.5 Å². The Balaban J connectivity index is 1.57. The van der Waals surface area contributed by atoms with Crippen molar-refractivity contribution in [2.24, 2.45) is 11.7 Å². The Hall–Kier alpha value is -1.13. The molecule has 0 amide bonds. The Morgan fingerprint density at radius 2 is 1.75 bits per heavy atom. The van der Waals surface area contributed by atoms with Gasteiger partial charge in [-0.15, -0.1) is 0 Å². The van der Waals surface area contributed by atoms with E-state index in [0.717, 1.165) is 44.3 Å². The van der Waals surface area contributed by atoms with Gasteiger partial charge in [0.05, 0.1) is 0 Å². The summed E-state index contributed by atoms with van der Waals surface area (Å²) >= 11 is 0. The number of anilines is 1. The molecule has 1 unspecified atom stereocenters. The Morgan fingerprint density at radius 3 is 2.25 bits per heavy atom. The van der Waals surface area contributed by atoms with Crippen LogP contribution in [0.1, 0.15) is 19.3 Å². The number of nitrogens with zero attached hydrogens (tertiary/aromatic N) is 2. The van der Waals surface area contributed by atoms with E-state index in [1.165, 1.54) is 19.3 Å². The van der Waals surface area contributed by atoms with E-state index in [1.54, 1.807) is 12.1 Å². The highest BCUT2D eigenvalue weighted by atomic mass is 19.1. The first-order chi connectivity index (χ1) is 9.78. The Bertz CT molecular complexity index is 422. The molecule has 2 fully saturated rings. The highest BCUT2D eigenvalue weighted by Gasteiger charge is 2.32. The van der Waals surface area contributed by atoms with Gasteiger partial charge < -0.3 is 10.6 Å². The molecular formula is C16H24FN3. The molecule has 0 radical (unpaired) electrons. The van der Waals surface area contributed by atoms with E-state index in [0.29, 0.717) is 6.04 Å². The predicted octanol–water partition coefficient (Wildman–Crippen LogP) is 2.08. The van der Waals surface area contributed by atoms with Crippen LogP contribution in [0, 0.1) is 11.7 Å². The van der Waals surface area contributed by atoms with Crippen molar-refractivity contribution in [1.29, 1.82) is 0 Å². The van der Waals surface area contributed by atoms with Crippen molar-refractivity contribution in [1.82, 2.24) is 4.90 Å². The number of benzene rings is 1. The zero-order valence-electron chi connectivity index (χ0n) is 12.0. The van der Waals surface area contributed by atoms with Crippen molar-refractivity contribution >= 4 is 5.69 Å². The van der Waals surface area contributed by atoms with Crippen LogP contribution in [-0.2, 0) is 0 Å². The predicted molar refractivity (Wildman–Crippen MR) is 80.4 cm³/mol. The highest BCUT2D eigenvalue weighted by molar-refractivity contribution is 5.46. The molecule has 0 spiro atoms. The lowest BCUT2D eigenvalue weighted by Crippen LogP contribution is -2.55. The van der Waals surface area contributed by atoms with Gasteiger partial charge in [-0.05, 0) is 43.0 Å². The minimum Gasteiger partial charge on any atom is -0.369 e. The first-order valence-corrected chi connectivity index (χ1v) is 7.72. The van der Waals surface area contributed by atoms with E-state index < -0.39 is 0 Å². The summed E-state index contributed by atoms with van der Waals surface area (Å²) in [5.41, 5.74) is 7.10. The fourth-order valence-corrected chi connectivity index (χ4v) is 3.43. The van der Waals surface area contributed by atoms with E-state index in [-0.39, 0.29) is 5.82 Å². The van der Waals surface area contributed by atoms with Crippen LogP contribution in [0.2, 0.25) is 0 Å². The average molecular weight is 277 g/mol. The molecule has 1 atom stereocenters. The maximum atomic E-state index is 13.0. The zero-order valence-corrected chi connectivity index (χ0v) is 12.0. The number of hydrogen-bond donors (Lipinski definition) is 1. The van der Waals surface area contributed by atoms with Crippen LogP contribution in [0.25, 0.3) is 0 Å². The van der Waals surface area contributed by atoms with Crippen molar-refractivity contribution in [2.75, 3.05) is 37.6 Å². The van der Waals surface area contributed by atoms with Crippen molar-refractivity contribution in [3.05, 3.63) is 30.1 Å². The monoisotopic (exact) mass is 277 g/mol. The Kier molecular flexibility index (Phi) is 4.22. The van der Waals surface area contributed by atoms with Gasteiger partial charge in [0.1, 0.15) is 5.82 Å². The first kappa shape index (κ1) is 13.8. The largest absolute Gasteiger partial charge is 0.369 e. The van der Waals surface area contributed by atoms with Gasteiger partial charge in [0.15, 0.2) is 0 Å². The summed E-state index contributed by atoms with van der Waals surface area (Å²) in [6.45, 7) is 4.93. The lowest BCUT2D eigenvalue weighted by Gasteiger charge is -2.45. The molecule has 1 saturated carbocycles. The van der Waals surface area contributed by atoms with Crippen LogP contribution in [0.3, 0.4) is 0 Å². The van der Waals surface area contributed by atoms with E-state index >= 15 is 0 Å². The third-order valence-electron chi connectivity index (χ3n) is 4.91. The molecule has 20 heavy (non-hydrogen) atoms. The maximum Gasteiger partial charge on any atom is 0.123 e. The lowest BCUT2D eigenvalue weighted by molar-refractivity contribution is 0.0951. The van der Waals surface area contributed by atoms with E-state index in [9.17, 15) is 4.39 Å². The summed E-state index contributed by atoms with van der Waals surface area (Å²) in [7, 11) is 0. The topological polar surface area (TPSA) is 32.5 Å². The second kappa shape index (κ2) is 6.10. The Morgan fingerprint density at radius 1 is 1.10 bits per heavy atom. The first-order valence-electron chi connectivity index (χ1n) is 7.72. The molecule has 110 valence electrons. The van der Waals surface area contributed by atoms with Gasteiger partial charge in [0.25, 0.3) is 0 Å². The quantitative estimate of drug-likeness (QED) is 0.914. The molecule has 1 heterocycles. The zero-order chi connectivity index (χ0) is 13.9. The van der Waals surface area contributed by atoms with Crippen LogP contribution in [0.5, 0.6) is 0 Å². The second-order valence-corrected chi connectivity index (χ2v) is 5.99. The van der Waals surface area contributed by atoms with Gasteiger partial charge in [0.2, 0.25) is 0 Å². The third kappa shape index (κ3) is 2.81. The van der Waals surface area contributed by atoms with Crippen LogP contribution in [0.4, 0.5) is 10.1 Å². The molecule has 2 aliphatic rings. The minimum absolute atomic E-state index is 0.166. The normalized spacial score (nSPS) is 22.6. The number of hydrogen-bond acceptors (Lipinski definition) is 3. The van der Waals surface area contributed by atoms with Crippen molar-refractivity contribution < 1.29 is 4.39 Å². The number of rotatable bonds is 4. The molecule has 1 aliphatic carbocycles. The van der Waals surface area contributed by atoms with Crippen LogP contribution in [0.15, 0.2) is 24.3 Å². The van der Waals surface area contributed by atoms with Gasteiger partial charge >= 0.3 is 0 Å². The summed E-state index contributed by atoms with van der Waals surface area (Å²) in [6, 6.07) is 7.39. The molecule has 1 saturated heterocycles. The molecule has 1 aliphatic heterocycles. The molecule has 2 N–H and O–H groups in total. The summed E-state index contributed by atoms with van der Waals surface area (Å²) in [5, 5.41) is 0. The summed E-state index contributed by atoms with van der Waals surface area (Å²) in [5.74, 6) is 0.651. The fourth-order valence-electron chi connectivity index (χ4n) is 3.43. The summed E-state index contributed by atoms with van der Waals surface area (Å²) in [6.07, 6.45) is 4.07. The molecule has 3 nitrogen and oxygen atoms in total. The lowest BCUT2D eigenvalue weighted by atomic mass is 9.79. The SMILES string of the molecule is NCC(C1CCC1)N1CCN(c2ccc(F)cc2)CC1. The summed E-state index contributed by atoms with van der Waals surface area (Å²) < 4.78 is 13.0. The Labute approximate surface area is 120 Å².